The SMILES string of the molecule is CN(C)CCOc1ccc(N)cc1.COc1ccc(Cl)c(-c2ccc(C(=O)Nc3ncc[nH]3)c3nccnc23)c1.Cc1cscc1-c1ccc(C(=O)O)c2nccnc12. The average Bonchev–Trinajstić information content (AvgIpc) is 3.93. The number of thiophene rings is 1. The maximum Gasteiger partial charge on any atom is 0.337 e. The van der Waals surface area contributed by atoms with Gasteiger partial charge in [-0.05, 0) is 97.5 Å². The Morgan fingerprint density at radius 3 is 1.97 bits per heavy atom. The predicted octanol–water partition coefficient (Wildman–Crippen LogP) is 8.51. The first-order valence-electron chi connectivity index (χ1n) is 18.1. The Kier molecular flexibility index (Phi) is 13.8. The highest BCUT2D eigenvalue weighted by Crippen LogP contribution is 2.36. The van der Waals surface area contributed by atoms with Crippen molar-refractivity contribution >= 4 is 68.5 Å². The minimum absolute atomic E-state index is 0.180. The monoisotopic (exact) mass is 829 g/mol. The number of aromatic nitrogens is 6. The number of nitrogens with two attached hydrogens (primary N) is 1. The Balaban J connectivity index is 0.000000160. The van der Waals surface area contributed by atoms with Gasteiger partial charge in [0.05, 0.1) is 29.3 Å². The summed E-state index contributed by atoms with van der Waals surface area (Å²) in [6.07, 6.45) is 9.40. The number of carboxylic acid groups (broad SMARTS) is 1. The number of amides is 1. The molecule has 0 aliphatic heterocycles. The van der Waals surface area contributed by atoms with Gasteiger partial charge in [-0.15, -0.1) is 0 Å². The number of carboxylic acids is 1. The van der Waals surface area contributed by atoms with Crippen LogP contribution in [0.4, 0.5) is 11.6 Å². The number of aromatic amines is 1. The van der Waals surface area contributed by atoms with Gasteiger partial charge in [0.2, 0.25) is 5.95 Å². The second-order valence-electron chi connectivity index (χ2n) is 13.1. The molecule has 0 unspecified atom stereocenters. The molecule has 59 heavy (non-hydrogen) atoms. The van der Waals surface area contributed by atoms with Crippen LogP contribution < -0.4 is 20.5 Å². The molecule has 4 heterocycles. The Bertz CT molecular complexity index is 2690. The summed E-state index contributed by atoms with van der Waals surface area (Å²) in [5.74, 6) is 0.580. The van der Waals surface area contributed by atoms with Gasteiger partial charge in [0, 0.05) is 71.1 Å². The summed E-state index contributed by atoms with van der Waals surface area (Å²) in [5, 5.41) is 16.5. The highest BCUT2D eigenvalue weighted by Gasteiger charge is 2.19. The number of rotatable bonds is 10. The minimum atomic E-state index is -0.987. The van der Waals surface area contributed by atoms with Gasteiger partial charge in [-0.25, -0.2) is 9.78 Å². The lowest BCUT2D eigenvalue weighted by Gasteiger charge is -2.12. The first-order chi connectivity index (χ1) is 28.5. The molecule has 0 aliphatic carbocycles. The van der Waals surface area contributed by atoms with Crippen molar-refractivity contribution < 1.29 is 24.2 Å². The number of aryl methyl sites for hydroxylation is 1. The molecular formula is C43H40ClN9O5S. The van der Waals surface area contributed by atoms with Crippen molar-refractivity contribution in [3.8, 4) is 33.8 Å². The summed E-state index contributed by atoms with van der Waals surface area (Å²) < 4.78 is 10.8. The smallest absolute Gasteiger partial charge is 0.337 e. The van der Waals surface area contributed by atoms with Gasteiger partial charge in [-0.3, -0.25) is 30.0 Å². The minimum Gasteiger partial charge on any atom is -0.497 e. The molecule has 1 amide bonds. The number of hydrogen-bond acceptors (Lipinski definition) is 12. The second kappa shape index (κ2) is 19.5. The topological polar surface area (TPSA) is 194 Å². The van der Waals surface area contributed by atoms with Gasteiger partial charge in [0.25, 0.3) is 5.91 Å². The Hall–Kier alpha value is -6.94. The number of nitrogen functional groups attached to an aromatic ring is 1. The number of imidazole rings is 1. The van der Waals surface area contributed by atoms with E-state index in [1.807, 2.05) is 56.7 Å². The predicted molar refractivity (Wildman–Crippen MR) is 233 cm³/mol. The zero-order valence-electron chi connectivity index (χ0n) is 32.5. The number of H-pyrrole nitrogens is 1. The van der Waals surface area contributed by atoms with Gasteiger partial charge < -0.3 is 30.2 Å². The molecule has 5 N–H and O–H groups in total. The third-order valence-electron chi connectivity index (χ3n) is 8.75. The van der Waals surface area contributed by atoms with E-state index in [4.69, 9.17) is 26.8 Å². The molecule has 8 rings (SSSR count). The third-order valence-corrected chi connectivity index (χ3v) is 9.94. The molecule has 0 spiro atoms. The van der Waals surface area contributed by atoms with Crippen LogP contribution in [0.15, 0.2) is 115 Å². The maximum atomic E-state index is 12.7. The molecule has 0 fully saturated rings. The molecule has 8 aromatic rings. The van der Waals surface area contributed by atoms with Crippen LogP contribution in [0.3, 0.4) is 0 Å². The van der Waals surface area contributed by atoms with Crippen LogP contribution in [0.1, 0.15) is 26.3 Å². The van der Waals surface area contributed by atoms with Crippen molar-refractivity contribution in [3.63, 3.8) is 0 Å². The standard InChI is InChI=1S/C19H14ClN5O2.C14H10N2O2S.C10H16N2O/c1-27-11-2-5-15(20)14(10-11)12-3-4-13(17-16(12)21-6-7-22-17)18(26)25-19-23-8-9-24-19;1-8-6-19-7-11(8)9-2-3-10(14(17)18)13-12(9)15-4-5-16-13;1-12(2)7-8-13-10-5-3-9(11)4-6-10/h2-10H,1H3,(H2,23,24,25,26);2-7H,1H3,(H,17,18);3-6H,7-8,11H2,1-2H3. The van der Waals surface area contributed by atoms with Gasteiger partial charge in [0.1, 0.15) is 29.1 Å². The zero-order valence-corrected chi connectivity index (χ0v) is 34.1. The van der Waals surface area contributed by atoms with Crippen molar-refractivity contribution in [2.24, 2.45) is 0 Å². The van der Waals surface area contributed by atoms with Crippen LogP contribution in [0, 0.1) is 6.92 Å². The Morgan fingerprint density at radius 1 is 0.780 bits per heavy atom. The first-order valence-corrected chi connectivity index (χ1v) is 19.4. The molecule has 0 saturated heterocycles. The molecule has 4 aromatic carbocycles. The van der Waals surface area contributed by atoms with Crippen LogP contribution in [0.5, 0.6) is 11.5 Å². The molecule has 14 nitrogen and oxygen atoms in total. The largest absolute Gasteiger partial charge is 0.497 e. The number of nitrogens with one attached hydrogen (secondary N) is 2. The molecule has 0 saturated carbocycles. The number of fused-ring (bicyclic) bond motifs is 2. The number of carbonyl (C=O) groups is 2. The van der Waals surface area contributed by atoms with Crippen LogP contribution >= 0.6 is 22.9 Å². The van der Waals surface area contributed by atoms with Gasteiger partial charge in [-0.1, -0.05) is 23.7 Å². The van der Waals surface area contributed by atoms with Crippen molar-refractivity contribution in [1.29, 1.82) is 0 Å². The normalized spacial score (nSPS) is 10.7. The van der Waals surface area contributed by atoms with Crippen LogP contribution in [0.2, 0.25) is 5.02 Å². The second-order valence-corrected chi connectivity index (χ2v) is 14.2. The molecular weight excluding hydrogens is 790 g/mol. The van der Waals surface area contributed by atoms with E-state index in [0.29, 0.717) is 51.0 Å². The van der Waals surface area contributed by atoms with Crippen molar-refractivity contribution in [2.75, 3.05) is 45.4 Å². The van der Waals surface area contributed by atoms with E-state index in [-0.39, 0.29) is 11.5 Å². The van der Waals surface area contributed by atoms with Crippen LogP contribution in [-0.4, -0.2) is 86.1 Å². The van der Waals surface area contributed by atoms with E-state index in [1.165, 1.54) is 6.20 Å². The molecule has 300 valence electrons. The average molecular weight is 830 g/mol. The van der Waals surface area contributed by atoms with Crippen LogP contribution in [0.25, 0.3) is 44.3 Å². The number of ether oxygens (including phenoxy) is 2. The summed E-state index contributed by atoms with van der Waals surface area (Å²) in [6.45, 7) is 3.65. The van der Waals surface area contributed by atoms with E-state index < -0.39 is 5.97 Å². The molecule has 0 aliphatic rings. The first kappa shape index (κ1) is 41.7. The number of nitrogens with zero attached hydrogens (tertiary/aromatic N) is 6. The zero-order chi connectivity index (χ0) is 41.9. The third kappa shape index (κ3) is 10.3. The fourth-order valence-corrected chi connectivity index (χ4v) is 6.86. The van der Waals surface area contributed by atoms with E-state index in [0.717, 1.165) is 45.8 Å². The quantitative estimate of drug-likeness (QED) is 0.0962. The molecule has 0 bridgehead atoms. The van der Waals surface area contributed by atoms with E-state index in [9.17, 15) is 14.7 Å². The lowest BCUT2D eigenvalue weighted by molar-refractivity contribution is 0.0698. The van der Waals surface area contributed by atoms with E-state index in [2.05, 4.69) is 45.5 Å². The number of aromatic carboxylic acids is 1. The van der Waals surface area contributed by atoms with E-state index in [1.54, 1.807) is 85.8 Å². The van der Waals surface area contributed by atoms with Crippen molar-refractivity contribution in [1.82, 2.24) is 34.8 Å². The number of halogens is 1. The number of benzene rings is 4. The van der Waals surface area contributed by atoms with Crippen LogP contribution in [-0.2, 0) is 0 Å². The maximum absolute atomic E-state index is 12.7. The molecule has 4 aromatic heterocycles. The van der Waals surface area contributed by atoms with Crippen molar-refractivity contribution in [3.05, 3.63) is 136 Å². The number of methoxy groups -OCH3 is 1. The highest BCUT2D eigenvalue weighted by atomic mass is 35.5. The number of carbonyl (C=O) groups excluding carboxylic acids is 1. The highest BCUT2D eigenvalue weighted by molar-refractivity contribution is 7.08. The lowest BCUT2D eigenvalue weighted by Crippen LogP contribution is -2.19. The van der Waals surface area contributed by atoms with Gasteiger partial charge in [-0.2, -0.15) is 11.3 Å². The molecule has 0 radical (unpaired) electrons. The van der Waals surface area contributed by atoms with E-state index >= 15 is 0 Å². The number of likely N-dealkylation sites (N-methyl/N-ethyl adjacent to an activating group) is 1. The van der Waals surface area contributed by atoms with Crippen molar-refractivity contribution in [2.45, 2.75) is 6.92 Å². The fraction of sp³-hybridized carbons (Fsp3) is 0.140. The summed E-state index contributed by atoms with van der Waals surface area (Å²) in [7, 11) is 5.63. The lowest BCUT2D eigenvalue weighted by atomic mass is 10.0. The Labute approximate surface area is 348 Å². The summed E-state index contributed by atoms with van der Waals surface area (Å²) in [4.78, 5) is 50.0. The van der Waals surface area contributed by atoms with Gasteiger partial charge >= 0.3 is 5.97 Å². The summed E-state index contributed by atoms with van der Waals surface area (Å²) in [6, 6.07) is 19.7. The molecule has 16 heteroatoms. The summed E-state index contributed by atoms with van der Waals surface area (Å²) >= 11 is 8.01. The van der Waals surface area contributed by atoms with Gasteiger partial charge in [0.15, 0.2) is 0 Å². The summed E-state index contributed by atoms with van der Waals surface area (Å²) in [5.41, 5.74) is 13.6. The Morgan fingerprint density at radius 2 is 1.39 bits per heavy atom. The molecule has 0 atom stereocenters. The number of anilines is 2. The fourth-order valence-electron chi connectivity index (χ4n) is 5.80. The number of hydrogen-bond donors (Lipinski definition) is 4.